The first kappa shape index (κ1) is 15.9. The number of nitrogens with zero attached hydrogens (tertiary/aromatic N) is 1. The summed E-state index contributed by atoms with van der Waals surface area (Å²) in [6, 6.07) is -0.109. The minimum Gasteiger partial charge on any atom is -0.444 e. The number of ether oxygens (including phenoxy) is 1. The molecule has 0 aromatic heterocycles. The molecule has 0 aliphatic rings. The molecule has 0 rings (SSSR count). The number of hydrogen-bond donors (Lipinski definition) is 0. The van der Waals surface area contributed by atoms with Crippen molar-refractivity contribution in [2.45, 2.75) is 59.6 Å². The number of ketones is 1. The molecule has 0 fully saturated rings. The smallest absolute Gasteiger partial charge is 0.410 e. The Morgan fingerprint density at radius 1 is 1.24 bits per heavy atom. The second kappa shape index (κ2) is 6.03. The molecule has 0 unspecified atom stereocenters. The Morgan fingerprint density at radius 3 is 2.00 bits per heavy atom. The normalized spacial score (nSPS) is 13.4. The van der Waals surface area contributed by atoms with Crippen molar-refractivity contribution in [1.29, 1.82) is 0 Å². The molecule has 0 aliphatic heterocycles. The third-order valence-electron chi connectivity index (χ3n) is 2.45. The average molecular weight is 243 g/mol. The second-order valence-electron chi connectivity index (χ2n) is 5.81. The monoisotopic (exact) mass is 243 g/mol. The quantitative estimate of drug-likeness (QED) is 0.762. The molecule has 0 spiro atoms. The molecule has 0 bridgehead atoms. The molecule has 17 heavy (non-hydrogen) atoms. The van der Waals surface area contributed by atoms with Crippen molar-refractivity contribution in [3.63, 3.8) is 0 Å². The number of Topliss-reactive ketones (excluding diaryl/α,β-unsaturated/α-hetero) is 1. The Morgan fingerprint density at radius 2 is 1.71 bits per heavy atom. The van der Waals surface area contributed by atoms with Gasteiger partial charge in [-0.1, -0.05) is 13.8 Å². The lowest BCUT2D eigenvalue weighted by Gasteiger charge is -2.32. The van der Waals surface area contributed by atoms with Crippen molar-refractivity contribution in [1.82, 2.24) is 4.90 Å². The van der Waals surface area contributed by atoms with Crippen molar-refractivity contribution in [2.24, 2.45) is 5.92 Å². The summed E-state index contributed by atoms with van der Waals surface area (Å²) in [5.41, 5.74) is -0.511. The van der Waals surface area contributed by atoms with Gasteiger partial charge in [-0.05, 0) is 33.6 Å². The standard InChI is InChI=1S/C13H25NO3/c1-9(2)11(8-10(3)15)14(7)12(16)17-13(4,5)6/h9,11H,8H2,1-7H3/t11-/m1/s1. The van der Waals surface area contributed by atoms with E-state index < -0.39 is 5.60 Å². The number of hydrogen-bond acceptors (Lipinski definition) is 3. The predicted molar refractivity (Wildman–Crippen MR) is 67.9 cm³/mol. The van der Waals surface area contributed by atoms with Crippen LogP contribution >= 0.6 is 0 Å². The van der Waals surface area contributed by atoms with E-state index in [1.54, 1.807) is 7.05 Å². The molecule has 0 radical (unpaired) electrons. The minimum atomic E-state index is -0.511. The van der Waals surface area contributed by atoms with Crippen LogP contribution in [-0.4, -0.2) is 35.5 Å². The fourth-order valence-electron chi connectivity index (χ4n) is 1.58. The van der Waals surface area contributed by atoms with Crippen LogP contribution in [0.4, 0.5) is 4.79 Å². The SMILES string of the molecule is CC(=O)C[C@H](C(C)C)N(C)C(=O)OC(C)(C)C. The number of carbonyl (C=O) groups excluding carboxylic acids is 2. The van der Waals surface area contributed by atoms with Gasteiger partial charge < -0.3 is 9.64 Å². The van der Waals surface area contributed by atoms with Crippen LogP contribution < -0.4 is 0 Å². The molecule has 0 aromatic carbocycles. The van der Waals surface area contributed by atoms with Gasteiger partial charge in [0.25, 0.3) is 0 Å². The van der Waals surface area contributed by atoms with E-state index in [0.717, 1.165) is 0 Å². The molecule has 1 atom stereocenters. The van der Waals surface area contributed by atoms with Crippen molar-refractivity contribution < 1.29 is 14.3 Å². The van der Waals surface area contributed by atoms with E-state index in [0.29, 0.717) is 6.42 Å². The second-order valence-corrected chi connectivity index (χ2v) is 5.81. The van der Waals surface area contributed by atoms with Gasteiger partial charge in [0.1, 0.15) is 11.4 Å². The highest BCUT2D eigenvalue weighted by atomic mass is 16.6. The fraction of sp³-hybridized carbons (Fsp3) is 0.846. The van der Waals surface area contributed by atoms with Gasteiger partial charge in [-0.3, -0.25) is 4.79 Å². The van der Waals surface area contributed by atoms with E-state index in [-0.39, 0.29) is 23.8 Å². The van der Waals surface area contributed by atoms with Crippen molar-refractivity contribution in [3.05, 3.63) is 0 Å². The highest BCUT2D eigenvalue weighted by Crippen LogP contribution is 2.17. The van der Waals surface area contributed by atoms with Crippen LogP contribution in [-0.2, 0) is 9.53 Å². The summed E-state index contributed by atoms with van der Waals surface area (Å²) in [7, 11) is 1.68. The maximum atomic E-state index is 11.9. The highest BCUT2D eigenvalue weighted by molar-refractivity contribution is 5.77. The molecular formula is C13H25NO3. The lowest BCUT2D eigenvalue weighted by molar-refractivity contribution is -0.118. The number of rotatable bonds is 4. The Labute approximate surface area is 104 Å². The van der Waals surface area contributed by atoms with Gasteiger partial charge in [0.15, 0.2) is 0 Å². The Kier molecular flexibility index (Phi) is 5.66. The van der Waals surface area contributed by atoms with Crippen LogP contribution in [0.25, 0.3) is 0 Å². The molecule has 0 saturated heterocycles. The van der Waals surface area contributed by atoms with Crippen LogP contribution in [0.1, 0.15) is 48.0 Å². The van der Waals surface area contributed by atoms with E-state index in [1.165, 1.54) is 11.8 Å². The van der Waals surface area contributed by atoms with Crippen molar-refractivity contribution >= 4 is 11.9 Å². The van der Waals surface area contributed by atoms with Crippen LogP contribution in [0, 0.1) is 5.92 Å². The van der Waals surface area contributed by atoms with Gasteiger partial charge in [-0.25, -0.2) is 4.79 Å². The van der Waals surface area contributed by atoms with E-state index in [4.69, 9.17) is 4.74 Å². The van der Waals surface area contributed by atoms with Crippen LogP contribution in [0.5, 0.6) is 0 Å². The summed E-state index contributed by atoms with van der Waals surface area (Å²) >= 11 is 0. The third kappa shape index (κ3) is 6.29. The first-order valence-electron chi connectivity index (χ1n) is 6.00. The number of carbonyl (C=O) groups is 2. The summed E-state index contributed by atoms with van der Waals surface area (Å²) in [6.45, 7) is 11.0. The van der Waals surface area contributed by atoms with Gasteiger partial charge in [-0.15, -0.1) is 0 Å². The molecule has 0 aromatic rings. The predicted octanol–water partition coefficient (Wildman–Crippen LogP) is 2.86. The largest absolute Gasteiger partial charge is 0.444 e. The van der Waals surface area contributed by atoms with Crippen LogP contribution in [0.2, 0.25) is 0 Å². The topological polar surface area (TPSA) is 46.6 Å². The van der Waals surface area contributed by atoms with Gasteiger partial charge in [0.2, 0.25) is 0 Å². The summed E-state index contributed by atoms with van der Waals surface area (Å²) in [5.74, 6) is 0.301. The van der Waals surface area contributed by atoms with E-state index in [9.17, 15) is 9.59 Å². The zero-order valence-electron chi connectivity index (χ0n) is 12.0. The van der Waals surface area contributed by atoms with E-state index >= 15 is 0 Å². The van der Waals surface area contributed by atoms with E-state index in [1.807, 2.05) is 34.6 Å². The molecule has 0 aliphatic carbocycles. The molecule has 1 amide bonds. The van der Waals surface area contributed by atoms with Crippen LogP contribution in [0.3, 0.4) is 0 Å². The summed E-state index contributed by atoms with van der Waals surface area (Å²) in [4.78, 5) is 24.6. The lowest BCUT2D eigenvalue weighted by Crippen LogP contribution is -2.44. The Bertz CT molecular complexity index is 279. The van der Waals surface area contributed by atoms with Gasteiger partial charge in [0, 0.05) is 19.5 Å². The molecule has 0 N–H and O–H groups in total. The Hall–Kier alpha value is -1.06. The fourth-order valence-corrected chi connectivity index (χ4v) is 1.58. The molecule has 100 valence electrons. The summed E-state index contributed by atoms with van der Waals surface area (Å²) in [5, 5.41) is 0. The zero-order chi connectivity index (χ0) is 13.8. The van der Waals surface area contributed by atoms with Crippen molar-refractivity contribution in [2.75, 3.05) is 7.05 Å². The molecule has 4 heteroatoms. The highest BCUT2D eigenvalue weighted by Gasteiger charge is 2.27. The van der Waals surface area contributed by atoms with E-state index in [2.05, 4.69) is 0 Å². The summed E-state index contributed by atoms with van der Waals surface area (Å²) in [6.07, 6.45) is -0.00890. The van der Waals surface area contributed by atoms with Crippen molar-refractivity contribution in [3.8, 4) is 0 Å². The lowest BCUT2D eigenvalue weighted by atomic mass is 9.98. The zero-order valence-corrected chi connectivity index (χ0v) is 12.0. The number of amides is 1. The third-order valence-corrected chi connectivity index (χ3v) is 2.45. The molecule has 4 nitrogen and oxygen atoms in total. The maximum Gasteiger partial charge on any atom is 0.410 e. The van der Waals surface area contributed by atoms with Gasteiger partial charge in [-0.2, -0.15) is 0 Å². The minimum absolute atomic E-state index is 0.0825. The average Bonchev–Trinajstić information content (AvgIpc) is 2.09. The first-order chi connectivity index (χ1) is 7.54. The van der Waals surface area contributed by atoms with Crippen LogP contribution in [0.15, 0.2) is 0 Å². The van der Waals surface area contributed by atoms with Gasteiger partial charge in [0.05, 0.1) is 0 Å². The molecule has 0 saturated carbocycles. The Balaban J connectivity index is 4.66. The maximum absolute atomic E-state index is 11.9. The molecule has 0 heterocycles. The van der Waals surface area contributed by atoms with Gasteiger partial charge >= 0.3 is 6.09 Å². The first-order valence-corrected chi connectivity index (χ1v) is 6.00. The molecular weight excluding hydrogens is 218 g/mol. The summed E-state index contributed by atoms with van der Waals surface area (Å²) < 4.78 is 5.29.